The van der Waals surface area contributed by atoms with Crippen molar-refractivity contribution in [2.24, 2.45) is 5.92 Å². The van der Waals surface area contributed by atoms with Crippen LogP contribution in [0.1, 0.15) is 37.4 Å². The number of alkyl halides is 2. The summed E-state index contributed by atoms with van der Waals surface area (Å²) in [6.07, 6.45) is 4.39. The number of pyridine rings is 1. The molecule has 1 aromatic carbocycles. The predicted octanol–water partition coefficient (Wildman–Crippen LogP) is 5.32. The van der Waals surface area contributed by atoms with Crippen LogP contribution in [0.2, 0.25) is 5.02 Å². The molecule has 3 aromatic heterocycles. The zero-order valence-electron chi connectivity index (χ0n) is 16.5. The van der Waals surface area contributed by atoms with Gasteiger partial charge in [0.1, 0.15) is 12.0 Å². The molecule has 0 saturated heterocycles. The Morgan fingerprint density at radius 2 is 1.97 bits per heavy atom. The Balaban J connectivity index is 1.45. The number of aromatic nitrogens is 5. The number of aromatic amines is 1. The zero-order chi connectivity index (χ0) is 21.6. The van der Waals surface area contributed by atoms with E-state index in [-0.39, 0.29) is 18.8 Å². The van der Waals surface area contributed by atoms with Crippen LogP contribution in [0.4, 0.5) is 8.78 Å². The normalized spacial score (nSPS) is 17.8. The van der Waals surface area contributed by atoms with Crippen LogP contribution >= 0.6 is 11.6 Å². The molecule has 0 aliphatic heterocycles. The van der Waals surface area contributed by atoms with Gasteiger partial charge in [-0.25, -0.2) is 18.7 Å². The second kappa shape index (κ2) is 7.69. The molecule has 5 rings (SSSR count). The third kappa shape index (κ3) is 3.93. The minimum atomic E-state index is -2.61. The number of hydrogen-bond acceptors (Lipinski definition) is 4. The van der Waals surface area contributed by atoms with Gasteiger partial charge in [0.15, 0.2) is 5.82 Å². The van der Waals surface area contributed by atoms with Crippen LogP contribution in [-0.4, -0.2) is 35.8 Å². The lowest BCUT2D eigenvalue weighted by Gasteiger charge is -2.31. The number of aliphatic hydroxyl groups excluding tert-OH is 1. The van der Waals surface area contributed by atoms with E-state index >= 15 is 0 Å². The van der Waals surface area contributed by atoms with Gasteiger partial charge in [0.05, 0.1) is 6.10 Å². The first-order valence-corrected chi connectivity index (χ1v) is 10.5. The first-order chi connectivity index (χ1) is 14.9. The molecule has 1 saturated carbocycles. The summed E-state index contributed by atoms with van der Waals surface area (Å²) in [6.45, 7) is 0. The second-order valence-electron chi connectivity index (χ2n) is 8.04. The predicted molar refractivity (Wildman–Crippen MR) is 113 cm³/mol. The van der Waals surface area contributed by atoms with E-state index in [0.29, 0.717) is 34.9 Å². The quantitative estimate of drug-likeness (QED) is 0.447. The van der Waals surface area contributed by atoms with Crippen molar-refractivity contribution in [2.75, 3.05) is 0 Å². The van der Waals surface area contributed by atoms with Crippen LogP contribution in [0.25, 0.3) is 28.1 Å². The molecule has 4 aromatic rings. The molecule has 0 unspecified atom stereocenters. The molecule has 31 heavy (non-hydrogen) atoms. The fourth-order valence-corrected chi connectivity index (χ4v) is 4.49. The Labute approximate surface area is 181 Å². The first kappa shape index (κ1) is 20.1. The molecule has 9 heteroatoms. The van der Waals surface area contributed by atoms with Crippen molar-refractivity contribution in [1.82, 2.24) is 24.7 Å². The largest absolute Gasteiger partial charge is 0.388 e. The summed E-state index contributed by atoms with van der Waals surface area (Å²) in [4.78, 5) is 8.73. The number of H-pyrrole nitrogens is 1. The summed E-state index contributed by atoms with van der Waals surface area (Å²) in [6, 6.07) is 9.33. The number of nitrogens with zero attached hydrogens (tertiary/aromatic N) is 4. The van der Waals surface area contributed by atoms with Gasteiger partial charge < -0.3 is 9.67 Å². The molecule has 3 heterocycles. The van der Waals surface area contributed by atoms with Crippen molar-refractivity contribution in [3.05, 3.63) is 59.6 Å². The molecule has 2 N–H and O–H groups in total. The SMILES string of the molecule is O[C@H](c1cnc2c(ccn2-c2cc(Cl)cc(-c3ncn[nH]3)c2)c1)C1CCC(F)(F)CC1. The minimum Gasteiger partial charge on any atom is -0.388 e. The van der Waals surface area contributed by atoms with E-state index < -0.39 is 12.0 Å². The van der Waals surface area contributed by atoms with Crippen LogP contribution in [0.5, 0.6) is 0 Å². The van der Waals surface area contributed by atoms with Gasteiger partial charge in [-0.05, 0) is 54.7 Å². The van der Waals surface area contributed by atoms with Gasteiger partial charge in [-0.3, -0.25) is 5.10 Å². The van der Waals surface area contributed by atoms with Crippen molar-refractivity contribution >= 4 is 22.6 Å². The van der Waals surface area contributed by atoms with Crippen molar-refractivity contribution in [3.8, 4) is 17.1 Å². The fraction of sp³-hybridized carbons (Fsp3) is 0.318. The Morgan fingerprint density at radius 3 is 2.71 bits per heavy atom. The van der Waals surface area contributed by atoms with Gasteiger partial charge in [0.25, 0.3) is 0 Å². The smallest absolute Gasteiger partial charge is 0.248 e. The first-order valence-electron chi connectivity index (χ1n) is 10.1. The van der Waals surface area contributed by atoms with Crippen LogP contribution in [0.3, 0.4) is 0 Å². The third-order valence-electron chi connectivity index (χ3n) is 5.95. The molecule has 1 atom stereocenters. The van der Waals surface area contributed by atoms with Gasteiger partial charge in [0, 0.05) is 46.9 Å². The summed E-state index contributed by atoms with van der Waals surface area (Å²) in [5.41, 5.74) is 2.96. The van der Waals surface area contributed by atoms with E-state index in [1.165, 1.54) is 6.33 Å². The average Bonchev–Trinajstić information content (AvgIpc) is 3.42. The van der Waals surface area contributed by atoms with Crippen molar-refractivity contribution in [2.45, 2.75) is 37.7 Å². The molecule has 0 amide bonds. The van der Waals surface area contributed by atoms with Gasteiger partial charge in [0.2, 0.25) is 5.92 Å². The molecule has 1 aliphatic rings. The highest BCUT2D eigenvalue weighted by Crippen LogP contribution is 2.41. The van der Waals surface area contributed by atoms with Crippen molar-refractivity contribution < 1.29 is 13.9 Å². The second-order valence-corrected chi connectivity index (χ2v) is 8.47. The highest BCUT2D eigenvalue weighted by Gasteiger charge is 2.37. The number of halogens is 3. The molecule has 0 bridgehead atoms. The molecule has 160 valence electrons. The standard InChI is InChI=1S/C22H20ClF2N5O/c23-17-8-15(20-27-12-28-29-20)9-18(10-17)30-6-3-14-7-16(11-26-21(14)30)19(31)13-1-4-22(24,25)5-2-13/h3,6-13,19,31H,1-2,4-5H2,(H,27,28,29)/t19-/m0/s1. The lowest BCUT2D eigenvalue weighted by Crippen LogP contribution is -2.27. The van der Waals surface area contributed by atoms with Crippen LogP contribution in [0, 0.1) is 5.92 Å². The molecule has 1 aliphatic carbocycles. The van der Waals surface area contributed by atoms with E-state index in [4.69, 9.17) is 11.6 Å². The summed E-state index contributed by atoms with van der Waals surface area (Å²) in [5, 5.41) is 18.9. The lowest BCUT2D eigenvalue weighted by molar-refractivity contribution is -0.0627. The molecular formula is C22H20ClF2N5O. The number of fused-ring (bicyclic) bond motifs is 1. The summed E-state index contributed by atoms with van der Waals surface area (Å²) < 4.78 is 28.8. The number of aliphatic hydroxyl groups is 1. The van der Waals surface area contributed by atoms with Crippen LogP contribution < -0.4 is 0 Å². The Hall–Kier alpha value is -2.84. The van der Waals surface area contributed by atoms with Crippen molar-refractivity contribution in [1.29, 1.82) is 0 Å². The number of hydrogen-bond donors (Lipinski definition) is 2. The maximum Gasteiger partial charge on any atom is 0.248 e. The zero-order valence-corrected chi connectivity index (χ0v) is 17.2. The van der Waals surface area contributed by atoms with E-state index in [0.717, 1.165) is 16.6 Å². The molecule has 0 radical (unpaired) electrons. The monoisotopic (exact) mass is 443 g/mol. The summed E-state index contributed by atoms with van der Waals surface area (Å²) in [5.74, 6) is -2.19. The van der Waals surface area contributed by atoms with Gasteiger partial charge in [-0.1, -0.05) is 11.6 Å². The van der Waals surface area contributed by atoms with Gasteiger partial charge in [-0.2, -0.15) is 5.10 Å². The van der Waals surface area contributed by atoms with Gasteiger partial charge in [-0.15, -0.1) is 0 Å². The van der Waals surface area contributed by atoms with E-state index in [1.807, 2.05) is 35.0 Å². The van der Waals surface area contributed by atoms with Crippen molar-refractivity contribution in [3.63, 3.8) is 0 Å². The van der Waals surface area contributed by atoms with Crippen LogP contribution in [0.15, 0.2) is 49.1 Å². The molecule has 0 spiro atoms. The molecule has 1 fully saturated rings. The number of nitrogens with one attached hydrogen (secondary N) is 1. The van der Waals surface area contributed by atoms with E-state index in [9.17, 15) is 13.9 Å². The number of benzene rings is 1. The third-order valence-corrected chi connectivity index (χ3v) is 6.16. The van der Waals surface area contributed by atoms with E-state index in [2.05, 4.69) is 20.2 Å². The lowest BCUT2D eigenvalue weighted by atomic mass is 9.81. The average molecular weight is 444 g/mol. The van der Waals surface area contributed by atoms with Crippen LogP contribution in [-0.2, 0) is 0 Å². The number of rotatable bonds is 4. The van der Waals surface area contributed by atoms with Gasteiger partial charge >= 0.3 is 0 Å². The Morgan fingerprint density at radius 1 is 1.16 bits per heavy atom. The topological polar surface area (TPSA) is 79.6 Å². The fourth-order valence-electron chi connectivity index (χ4n) is 4.26. The van der Waals surface area contributed by atoms with E-state index in [1.54, 1.807) is 12.3 Å². The highest BCUT2D eigenvalue weighted by molar-refractivity contribution is 6.31. The minimum absolute atomic E-state index is 0.178. The summed E-state index contributed by atoms with van der Waals surface area (Å²) >= 11 is 6.33. The maximum absolute atomic E-state index is 13.4. The highest BCUT2D eigenvalue weighted by atomic mass is 35.5. The maximum atomic E-state index is 13.4. The molecule has 6 nitrogen and oxygen atoms in total. The Bertz CT molecular complexity index is 1210. The summed E-state index contributed by atoms with van der Waals surface area (Å²) in [7, 11) is 0. The molecular weight excluding hydrogens is 424 g/mol. The Kier molecular flexibility index (Phi) is 4.98.